The van der Waals surface area contributed by atoms with Crippen molar-refractivity contribution in [2.75, 3.05) is 7.11 Å². The van der Waals surface area contributed by atoms with E-state index in [-0.39, 0.29) is 0 Å². The zero-order valence-electron chi connectivity index (χ0n) is 11.8. The van der Waals surface area contributed by atoms with Gasteiger partial charge in [0.05, 0.1) is 7.11 Å². The average Bonchev–Trinajstić information content (AvgIpc) is 2.51. The highest BCUT2D eigenvalue weighted by Gasteiger charge is 2.17. The summed E-state index contributed by atoms with van der Waals surface area (Å²) >= 11 is 1.89. The van der Waals surface area contributed by atoms with E-state index < -0.39 is 0 Å². The Bertz CT molecular complexity index is 644. The molecule has 0 saturated heterocycles. The lowest BCUT2D eigenvalue weighted by atomic mass is 9.91. The molecule has 0 bridgehead atoms. The lowest BCUT2D eigenvalue weighted by Gasteiger charge is -2.21. The van der Waals surface area contributed by atoms with Crippen LogP contribution in [0.25, 0.3) is 5.57 Å². The molecule has 0 N–H and O–H groups in total. The van der Waals surface area contributed by atoms with Gasteiger partial charge >= 0.3 is 0 Å². The summed E-state index contributed by atoms with van der Waals surface area (Å²) in [6, 6.07) is 17.0. The molecule has 3 rings (SSSR count). The molecule has 20 heavy (non-hydrogen) atoms. The van der Waals surface area contributed by atoms with E-state index in [1.165, 1.54) is 26.5 Å². The fourth-order valence-corrected chi connectivity index (χ4v) is 3.66. The number of thioether (sulfide) groups is 1. The Morgan fingerprint density at radius 1 is 1.00 bits per heavy atom. The Kier molecular flexibility index (Phi) is 3.83. The monoisotopic (exact) mass is 282 g/mol. The van der Waals surface area contributed by atoms with Crippen molar-refractivity contribution >= 4 is 17.3 Å². The highest BCUT2D eigenvalue weighted by molar-refractivity contribution is 8.03. The molecule has 0 radical (unpaired) electrons. The molecule has 0 spiro atoms. The number of fused-ring (bicyclic) bond motifs is 1. The smallest absolute Gasteiger partial charge is 0.119 e. The molecular weight excluding hydrogens is 264 g/mol. The molecule has 0 saturated carbocycles. The van der Waals surface area contributed by atoms with Crippen LogP contribution in [0.3, 0.4) is 0 Å². The summed E-state index contributed by atoms with van der Waals surface area (Å²) in [6.45, 7) is 2.23. The van der Waals surface area contributed by atoms with Gasteiger partial charge in [-0.2, -0.15) is 0 Å². The number of aryl methyl sites for hydroxylation is 1. The Labute approximate surface area is 124 Å². The fourth-order valence-electron chi connectivity index (χ4n) is 2.61. The van der Waals surface area contributed by atoms with Gasteiger partial charge in [-0.25, -0.2) is 0 Å². The van der Waals surface area contributed by atoms with Crippen LogP contribution in [0.15, 0.2) is 58.3 Å². The van der Waals surface area contributed by atoms with E-state index in [4.69, 9.17) is 4.74 Å². The SMILES string of the molecule is COc1ccc2c(c1)CCC(Sc1ccccc1)=C2C. The number of hydrogen-bond acceptors (Lipinski definition) is 2. The molecule has 2 aromatic rings. The van der Waals surface area contributed by atoms with Crippen molar-refractivity contribution in [3.05, 3.63) is 64.6 Å². The number of ether oxygens (including phenoxy) is 1. The topological polar surface area (TPSA) is 9.23 Å². The first-order chi connectivity index (χ1) is 9.78. The molecule has 102 valence electrons. The van der Waals surface area contributed by atoms with Crippen molar-refractivity contribution in [1.82, 2.24) is 0 Å². The Balaban J connectivity index is 1.92. The quantitative estimate of drug-likeness (QED) is 0.768. The van der Waals surface area contributed by atoms with Crippen LogP contribution in [0.4, 0.5) is 0 Å². The largest absolute Gasteiger partial charge is 0.497 e. The standard InChI is InChI=1S/C18H18OS/c1-13-17-10-9-15(19-2)12-14(17)8-11-18(13)20-16-6-4-3-5-7-16/h3-7,9-10,12H,8,11H2,1-2H3. The van der Waals surface area contributed by atoms with Gasteiger partial charge in [-0.3, -0.25) is 0 Å². The van der Waals surface area contributed by atoms with Crippen LogP contribution < -0.4 is 4.74 Å². The molecule has 0 amide bonds. The van der Waals surface area contributed by atoms with Gasteiger partial charge in [-0.1, -0.05) is 36.0 Å². The molecule has 1 aliphatic rings. The van der Waals surface area contributed by atoms with E-state index in [2.05, 4.69) is 55.5 Å². The number of benzene rings is 2. The summed E-state index contributed by atoms with van der Waals surface area (Å²) in [5.41, 5.74) is 4.18. The minimum absolute atomic E-state index is 0.954. The Morgan fingerprint density at radius 3 is 2.55 bits per heavy atom. The second kappa shape index (κ2) is 5.76. The van der Waals surface area contributed by atoms with Crippen molar-refractivity contribution in [3.8, 4) is 5.75 Å². The lowest BCUT2D eigenvalue weighted by Crippen LogP contribution is -2.02. The van der Waals surface area contributed by atoms with Gasteiger partial charge < -0.3 is 4.74 Å². The molecule has 0 aromatic heterocycles. The minimum atomic E-state index is 0.954. The molecule has 0 unspecified atom stereocenters. The lowest BCUT2D eigenvalue weighted by molar-refractivity contribution is 0.414. The first kappa shape index (κ1) is 13.3. The van der Waals surface area contributed by atoms with Gasteiger partial charge in [0.15, 0.2) is 0 Å². The van der Waals surface area contributed by atoms with Crippen LogP contribution in [0.2, 0.25) is 0 Å². The first-order valence-corrected chi connectivity index (χ1v) is 7.69. The van der Waals surface area contributed by atoms with Gasteiger partial charge in [-0.05, 0) is 65.6 Å². The van der Waals surface area contributed by atoms with Crippen LogP contribution in [-0.2, 0) is 6.42 Å². The molecular formula is C18H18OS. The van der Waals surface area contributed by atoms with Crippen molar-refractivity contribution < 1.29 is 4.74 Å². The van der Waals surface area contributed by atoms with E-state index in [9.17, 15) is 0 Å². The number of rotatable bonds is 3. The fraction of sp³-hybridized carbons (Fsp3) is 0.222. The maximum Gasteiger partial charge on any atom is 0.119 e. The van der Waals surface area contributed by atoms with Crippen molar-refractivity contribution in [2.45, 2.75) is 24.7 Å². The molecule has 2 aromatic carbocycles. The third-order valence-electron chi connectivity index (χ3n) is 3.74. The second-order valence-electron chi connectivity index (χ2n) is 4.99. The van der Waals surface area contributed by atoms with Gasteiger partial charge in [0.2, 0.25) is 0 Å². The third kappa shape index (κ3) is 2.61. The molecule has 0 atom stereocenters. The zero-order chi connectivity index (χ0) is 13.9. The minimum Gasteiger partial charge on any atom is -0.497 e. The summed E-state index contributed by atoms with van der Waals surface area (Å²) in [7, 11) is 1.73. The summed E-state index contributed by atoms with van der Waals surface area (Å²) in [6.07, 6.45) is 2.21. The Hall–Kier alpha value is -1.67. The average molecular weight is 282 g/mol. The first-order valence-electron chi connectivity index (χ1n) is 6.88. The van der Waals surface area contributed by atoms with Crippen LogP contribution in [0.5, 0.6) is 5.75 Å². The van der Waals surface area contributed by atoms with Crippen LogP contribution in [-0.4, -0.2) is 7.11 Å². The molecule has 1 nitrogen and oxygen atoms in total. The van der Waals surface area contributed by atoms with Gasteiger partial charge in [0.1, 0.15) is 5.75 Å². The summed E-state index contributed by atoms with van der Waals surface area (Å²) in [5.74, 6) is 0.954. The summed E-state index contributed by atoms with van der Waals surface area (Å²) in [5, 5.41) is 0. The van der Waals surface area contributed by atoms with E-state index in [0.717, 1.165) is 18.6 Å². The van der Waals surface area contributed by atoms with Gasteiger partial charge in [0, 0.05) is 4.90 Å². The van der Waals surface area contributed by atoms with E-state index in [1.54, 1.807) is 7.11 Å². The van der Waals surface area contributed by atoms with Crippen molar-refractivity contribution in [3.63, 3.8) is 0 Å². The second-order valence-corrected chi connectivity index (χ2v) is 6.15. The predicted molar refractivity (Wildman–Crippen MR) is 86.2 cm³/mol. The number of methoxy groups -OCH3 is 1. The van der Waals surface area contributed by atoms with Crippen LogP contribution in [0.1, 0.15) is 24.5 Å². The van der Waals surface area contributed by atoms with E-state index in [1.807, 2.05) is 11.8 Å². The summed E-state index contributed by atoms with van der Waals surface area (Å²) in [4.78, 5) is 2.80. The van der Waals surface area contributed by atoms with Crippen LogP contribution >= 0.6 is 11.8 Å². The zero-order valence-corrected chi connectivity index (χ0v) is 12.7. The Morgan fingerprint density at radius 2 is 1.80 bits per heavy atom. The normalized spacial score (nSPS) is 14.1. The summed E-state index contributed by atoms with van der Waals surface area (Å²) < 4.78 is 5.32. The van der Waals surface area contributed by atoms with Crippen LogP contribution in [0, 0.1) is 0 Å². The maximum atomic E-state index is 5.32. The molecule has 0 fully saturated rings. The predicted octanol–water partition coefficient (Wildman–Crippen LogP) is 5.16. The number of hydrogen-bond donors (Lipinski definition) is 0. The molecule has 1 aliphatic carbocycles. The van der Waals surface area contributed by atoms with Gasteiger partial charge in [0.25, 0.3) is 0 Å². The number of allylic oxidation sites excluding steroid dienone is 2. The highest BCUT2D eigenvalue weighted by atomic mass is 32.2. The van der Waals surface area contributed by atoms with E-state index >= 15 is 0 Å². The maximum absolute atomic E-state index is 5.32. The van der Waals surface area contributed by atoms with Crippen molar-refractivity contribution in [1.29, 1.82) is 0 Å². The van der Waals surface area contributed by atoms with Crippen molar-refractivity contribution in [2.24, 2.45) is 0 Å². The molecule has 0 heterocycles. The van der Waals surface area contributed by atoms with E-state index in [0.29, 0.717) is 0 Å². The van der Waals surface area contributed by atoms with Gasteiger partial charge in [-0.15, -0.1) is 0 Å². The third-order valence-corrected chi connectivity index (χ3v) is 5.00. The molecule has 0 aliphatic heterocycles. The molecule has 2 heteroatoms. The highest BCUT2D eigenvalue weighted by Crippen LogP contribution is 2.40.